The van der Waals surface area contributed by atoms with Crippen LogP contribution in [0.3, 0.4) is 0 Å². The highest BCUT2D eigenvalue weighted by Crippen LogP contribution is 2.07. The number of nitrogens with zero attached hydrogens (tertiary/aromatic N) is 2. The molecule has 1 aromatic rings. The van der Waals surface area contributed by atoms with Gasteiger partial charge in [0.1, 0.15) is 0 Å². The minimum absolute atomic E-state index is 0.842. The Morgan fingerprint density at radius 3 is 2.00 bits per heavy atom. The van der Waals surface area contributed by atoms with Crippen LogP contribution in [0.5, 0.6) is 0 Å². The third kappa shape index (κ3) is 6.60. The lowest BCUT2D eigenvalue weighted by Gasteiger charge is -2.34. The van der Waals surface area contributed by atoms with E-state index in [1.54, 1.807) is 0 Å². The smallest absolute Gasteiger partial charge is 0.0110 e. The van der Waals surface area contributed by atoms with Crippen LogP contribution in [0.15, 0.2) is 30.3 Å². The van der Waals surface area contributed by atoms with Gasteiger partial charge in [-0.1, -0.05) is 36.8 Å². The summed E-state index contributed by atoms with van der Waals surface area (Å²) in [6.45, 7) is 8.32. The van der Waals surface area contributed by atoms with Crippen molar-refractivity contribution in [2.45, 2.75) is 32.1 Å². The first-order valence-electron chi connectivity index (χ1n) is 8.57. The van der Waals surface area contributed by atoms with Crippen molar-refractivity contribution in [1.82, 2.24) is 9.80 Å². The Labute approximate surface area is 130 Å². The molecule has 118 valence electrons. The monoisotopic (exact) mass is 289 g/mol. The van der Waals surface area contributed by atoms with E-state index >= 15 is 0 Å². The number of aryl methyl sites for hydroxylation is 1. The van der Waals surface area contributed by atoms with Crippen LogP contribution in [0.4, 0.5) is 0 Å². The van der Waals surface area contributed by atoms with Crippen LogP contribution in [0, 0.1) is 0 Å². The molecule has 2 N–H and O–H groups in total. The number of rotatable bonds is 9. The average Bonchev–Trinajstić information content (AvgIpc) is 2.54. The molecule has 0 unspecified atom stereocenters. The standard InChI is InChI=1S/C18H31N3/c19-11-5-2-6-12-20-14-16-21(17-15-20)13-7-10-18-8-3-1-4-9-18/h1,3-4,8-9H,2,5-7,10-17,19H2. The maximum Gasteiger partial charge on any atom is 0.0110 e. The summed E-state index contributed by atoms with van der Waals surface area (Å²) in [6.07, 6.45) is 6.26. The normalized spacial score (nSPS) is 17.2. The van der Waals surface area contributed by atoms with E-state index in [1.807, 2.05) is 0 Å². The molecule has 1 aromatic carbocycles. The highest BCUT2D eigenvalue weighted by Gasteiger charge is 2.15. The fraction of sp³-hybridized carbons (Fsp3) is 0.667. The summed E-state index contributed by atoms with van der Waals surface area (Å²) in [7, 11) is 0. The van der Waals surface area contributed by atoms with E-state index in [0.29, 0.717) is 0 Å². The fourth-order valence-electron chi connectivity index (χ4n) is 3.04. The van der Waals surface area contributed by atoms with Crippen LogP contribution in [0.1, 0.15) is 31.2 Å². The first-order chi connectivity index (χ1) is 10.4. The summed E-state index contributed by atoms with van der Waals surface area (Å²) in [5.41, 5.74) is 7.00. The van der Waals surface area contributed by atoms with Gasteiger partial charge in [0.25, 0.3) is 0 Å². The zero-order valence-corrected chi connectivity index (χ0v) is 13.3. The van der Waals surface area contributed by atoms with Gasteiger partial charge in [-0.25, -0.2) is 0 Å². The molecule has 1 heterocycles. The lowest BCUT2D eigenvalue weighted by Crippen LogP contribution is -2.46. The molecule has 3 nitrogen and oxygen atoms in total. The Bertz CT molecular complexity index is 358. The molecule has 0 radical (unpaired) electrons. The SMILES string of the molecule is NCCCCCN1CCN(CCCc2ccccc2)CC1. The Morgan fingerprint density at radius 2 is 1.38 bits per heavy atom. The predicted octanol–water partition coefficient (Wildman–Crippen LogP) is 2.37. The van der Waals surface area contributed by atoms with Crippen molar-refractivity contribution in [3.05, 3.63) is 35.9 Å². The minimum Gasteiger partial charge on any atom is -0.330 e. The highest BCUT2D eigenvalue weighted by atomic mass is 15.3. The van der Waals surface area contributed by atoms with Gasteiger partial charge in [-0.2, -0.15) is 0 Å². The van der Waals surface area contributed by atoms with Crippen molar-refractivity contribution in [1.29, 1.82) is 0 Å². The van der Waals surface area contributed by atoms with Gasteiger partial charge in [-0.15, -0.1) is 0 Å². The van der Waals surface area contributed by atoms with E-state index in [9.17, 15) is 0 Å². The molecule has 21 heavy (non-hydrogen) atoms. The van der Waals surface area contributed by atoms with Crippen LogP contribution in [-0.2, 0) is 6.42 Å². The Balaban J connectivity index is 1.53. The zero-order valence-electron chi connectivity index (χ0n) is 13.3. The maximum absolute atomic E-state index is 5.53. The Morgan fingerprint density at radius 1 is 0.762 bits per heavy atom. The first kappa shape index (κ1) is 16.5. The second kappa shape index (κ2) is 9.93. The molecule has 0 atom stereocenters. The molecule has 0 aliphatic carbocycles. The predicted molar refractivity (Wildman–Crippen MR) is 90.5 cm³/mol. The number of hydrogen-bond donors (Lipinski definition) is 1. The quantitative estimate of drug-likeness (QED) is 0.708. The van der Waals surface area contributed by atoms with Crippen LogP contribution in [-0.4, -0.2) is 55.6 Å². The third-order valence-corrected chi connectivity index (χ3v) is 4.43. The molecular formula is C18H31N3. The number of benzene rings is 1. The van der Waals surface area contributed by atoms with Gasteiger partial charge in [0, 0.05) is 26.2 Å². The van der Waals surface area contributed by atoms with E-state index < -0.39 is 0 Å². The van der Waals surface area contributed by atoms with Gasteiger partial charge in [0.05, 0.1) is 0 Å². The largest absolute Gasteiger partial charge is 0.330 e. The van der Waals surface area contributed by atoms with Gasteiger partial charge in [0.15, 0.2) is 0 Å². The van der Waals surface area contributed by atoms with Gasteiger partial charge < -0.3 is 15.5 Å². The van der Waals surface area contributed by atoms with E-state index in [2.05, 4.69) is 40.1 Å². The first-order valence-corrected chi connectivity index (χ1v) is 8.57. The van der Waals surface area contributed by atoms with Crippen LogP contribution in [0.25, 0.3) is 0 Å². The van der Waals surface area contributed by atoms with Crippen LogP contribution >= 0.6 is 0 Å². The van der Waals surface area contributed by atoms with Crippen molar-refractivity contribution >= 4 is 0 Å². The summed E-state index contributed by atoms with van der Waals surface area (Å²) in [5, 5.41) is 0. The topological polar surface area (TPSA) is 32.5 Å². The number of piperazine rings is 1. The van der Waals surface area contributed by atoms with E-state index in [-0.39, 0.29) is 0 Å². The van der Waals surface area contributed by atoms with Gasteiger partial charge in [0.2, 0.25) is 0 Å². The van der Waals surface area contributed by atoms with Gasteiger partial charge in [-0.3, -0.25) is 0 Å². The van der Waals surface area contributed by atoms with Crippen molar-refractivity contribution in [2.24, 2.45) is 5.73 Å². The Kier molecular flexibility index (Phi) is 7.79. The third-order valence-electron chi connectivity index (χ3n) is 4.43. The molecule has 2 rings (SSSR count). The summed E-state index contributed by atoms with van der Waals surface area (Å²) in [4.78, 5) is 5.24. The second-order valence-electron chi connectivity index (χ2n) is 6.12. The van der Waals surface area contributed by atoms with Crippen LogP contribution < -0.4 is 5.73 Å². The molecule has 1 saturated heterocycles. The highest BCUT2D eigenvalue weighted by molar-refractivity contribution is 5.14. The number of nitrogens with two attached hydrogens (primary N) is 1. The molecule has 3 heteroatoms. The molecule has 1 fully saturated rings. The van der Waals surface area contributed by atoms with Crippen molar-refractivity contribution in [2.75, 3.05) is 45.8 Å². The van der Waals surface area contributed by atoms with E-state index in [4.69, 9.17) is 5.73 Å². The minimum atomic E-state index is 0.842. The zero-order chi connectivity index (χ0) is 14.8. The van der Waals surface area contributed by atoms with Gasteiger partial charge >= 0.3 is 0 Å². The molecule has 0 saturated carbocycles. The lowest BCUT2D eigenvalue weighted by molar-refractivity contribution is 0.130. The molecule has 0 aromatic heterocycles. The molecular weight excluding hydrogens is 258 g/mol. The average molecular weight is 289 g/mol. The lowest BCUT2D eigenvalue weighted by atomic mass is 10.1. The Hall–Kier alpha value is -0.900. The van der Waals surface area contributed by atoms with Gasteiger partial charge in [-0.05, 0) is 50.9 Å². The second-order valence-corrected chi connectivity index (χ2v) is 6.12. The number of hydrogen-bond acceptors (Lipinski definition) is 3. The molecule has 0 spiro atoms. The molecule has 0 bridgehead atoms. The molecule has 1 aliphatic heterocycles. The van der Waals surface area contributed by atoms with E-state index in [1.165, 1.54) is 76.9 Å². The molecule has 1 aliphatic rings. The summed E-state index contributed by atoms with van der Waals surface area (Å²) < 4.78 is 0. The number of unbranched alkanes of at least 4 members (excludes halogenated alkanes) is 2. The molecule has 0 amide bonds. The maximum atomic E-state index is 5.53. The van der Waals surface area contributed by atoms with Crippen molar-refractivity contribution in [3.63, 3.8) is 0 Å². The summed E-state index contributed by atoms with van der Waals surface area (Å²) >= 11 is 0. The van der Waals surface area contributed by atoms with Crippen molar-refractivity contribution in [3.8, 4) is 0 Å². The summed E-state index contributed by atoms with van der Waals surface area (Å²) in [5.74, 6) is 0. The fourth-order valence-corrected chi connectivity index (χ4v) is 3.04. The van der Waals surface area contributed by atoms with Crippen molar-refractivity contribution < 1.29 is 0 Å². The summed E-state index contributed by atoms with van der Waals surface area (Å²) in [6, 6.07) is 10.8. The van der Waals surface area contributed by atoms with Crippen LogP contribution in [0.2, 0.25) is 0 Å². The van der Waals surface area contributed by atoms with E-state index in [0.717, 1.165) is 6.54 Å².